The van der Waals surface area contributed by atoms with Crippen molar-refractivity contribution >= 4 is 23.4 Å². The van der Waals surface area contributed by atoms with Gasteiger partial charge in [-0.15, -0.1) is 6.42 Å². The summed E-state index contributed by atoms with van der Waals surface area (Å²) in [5.74, 6) is 2.23. The number of methoxy groups -OCH3 is 1. The van der Waals surface area contributed by atoms with Crippen molar-refractivity contribution in [3.05, 3.63) is 62.2 Å². The first-order valence-corrected chi connectivity index (χ1v) is 10.5. The van der Waals surface area contributed by atoms with E-state index in [4.69, 9.17) is 25.4 Å². The molecular weight excluding hydrogens is 478 g/mol. The Bertz CT molecular complexity index is 1160. The summed E-state index contributed by atoms with van der Waals surface area (Å²) >= 11 is 0. The second-order valence-corrected chi connectivity index (χ2v) is 7.12. The number of terminal acetylenes is 1. The van der Waals surface area contributed by atoms with E-state index in [-0.39, 0.29) is 54.0 Å². The number of nitrogens with zero attached hydrogens (tertiary/aromatic N) is 2. The van der Waals surface area contributed by atoms with Crippen molar-refractivity contribution in [3.63, 3.8) is 0 Å². The lowest BCUT2D eigenvalue weighted by Crippen LogP contribution is -2.23. The van der Waals surface area contributed by atoms with Gasteiger partial charge in [0, 0.05) is 18.6 Å². The number of hydrogen-bond donors (Lipinski definition) is 1. The molecule has 0 bridgehead atoms. The minimum atomic E-state index is -1.17. The van der Waals surface area contributed by atoms with Gasteiger partial charge < -0.3 is 24.3 Å². The van der Waals surface area contributed by atoms with Crippen LogP contribution in [0.5, 0.6) is 17.2 Å². The number of amides is 1. The molecule has 0 heterocycles. The quantitative estimate of drug-likeness (QED) is 0.113. The highest BCUT2D eigenvalue weighted by molar-refractivity contribution is 5.76. The molecule has 2 rings (SSSR count). The molecule has 0 radical (unpaired) electrons. The summed E-state index contributed by atoms with van der Waals surface area (Å²) in [4.78, 5) is 44.9. The number of nitro groups is 2. The zero-order valence-electron chi connectivity index (χ0n) is 19.4. The van der Waals surface area contributed by atoms with E-state index < -0.39 is 27.8 Å². The van der Waals surface area contributed by atoms with Crippen LogP contribution in [0.4, 0.5) is 16.2 Å². The monoisotopic (exact) mass is 501 g/mol. The average Bonchev–Trinajstić information content (AvgIpc) is 2.84. The third kappa shape index (κ3) is 7.87. The molecule has 1 unspecified atom stereocenters. The molecular formula is C23H23N3O10. The van der Waals surface area contributed by atoms with Gasteiger partial charge in [0.15, 0.2) is 11.5 Å². The average molecular weight is 501 g/mol. The van der Waals surface area contributed by atoms with Gasteiger partial charge in [0.25, 0.3) is 11.4 Å². The molecule has 13 heteroatoms. The molecule has 2 aromatic carbocycles. The lowest BCUT2D eigenvalue weighted by molar-refractivity contribution is -0.386. The van der Waals surface area contributed by atoms with Gasteiger partial charge in [0.1, 0.15) is 11.9 Å². The summed E-state index contributed by atoms with van der Waals surface area (Å²) in [6.07, 6.45) is 3.24. The standard InChI is InChI=1S/C23H23N3O10/c1-4-11-24-22(27)6-5-12-34-21-14-19(26(31)32)18(13-20(21)33-3)15(2)35-23(28)36-17-9-7-16(8-10-17)25(29)30/h1,7-10,13-15H,5-6,11-12H2,2-3H3,(H,24,27). The van der Waals surface area contributed by atoms with E-state index in [2.05, 4.69) is 11.2 Å². The van der Waals surface area contributed by atoms with E-state index in [0.717, 1.165) is 18.2 Å². The maximum atomic E-state index is 12.2. The number of benzene rings is 2. The Morgan fingerprint density at radius 3 is 2.39 bits per heavy atom. The molecule has 0 saturated heterocycles. The highest BCUT2D eigenvalue weighted by Crippen LogP contribution is 2.38. The van der Waals surface area contributed by atoms with Gasteiger partial charge in [-0.05, 0) is 31.5 Å². The molecule has 13 nitrogen and oxygen atoms in total. The van der Waals surface area contributed by atoms with E-state index in [1.54, 1.807) is 0 Å². The Morgan fingerprint density at radius 1 is 1.11 bits per heavy atom. The predicted molar refractivity (Wildman–Crippen MR) is 125 cm³/mol. The summed E-state index contributed by atoms with van der Waals surface area (Å²) in [7, 11) is 1.33. The van der Waals surface area contributed by atoms with Crippen LogP contribution in [0, 0.1) is 32.6 Å². The van der Waals surface area contributed by atoms with Crippen molar-refractivity contribution in [2.45, 2.75) is 25.9 Å². The maximum Gasteiger partial charge on any atom is 0.514 e. The molecule has 36 heavy (non-hydrogen) atoms. The first-order chi connectivity index (χ1) is 17.2. The number of nitrogens with one attached hydrogen (secondary N) is 1. The number of carbonyl (C=O) groups excluding carboxylic acids is 2. The molecule has 1 atom stereocenters. The van der Waals surface area contributed by atoms with Crippen LogP contribution in [0.3, 0.4) is 0 Å². The fourth-order valence-corrected chi connectivity index (χ4v) is 2.94. The largest absolute Gasteiger partial charge is 0.514 e. The predicted octanol–water partition coefficient (Wildman–Crippen LogP) is 3.70. The SMILES string of the molecule is C#CCNC(=O)CCCOc1cc([N+](=O)[O-])c(C(C)OC(=O)Oc2ccc([N+](=O)[O-])cc2)cc1OC. The third-order valence-electron chi connectivity index (χ3n) is 4.66. The lowest BCUT2D eigenvalue weighted by Gasteiger charge is -2.17. The topological polar surface area (TPSA) is 169 Å². The number of carbonyl (C=O) groups is 2. The molecule has 1 N–H and O–H groups in total. The summed E-state index contributed by atoms with van der Waals surface area (Å²) in [6.45, 7) is 1.58. The summed E-state index contributed by atoms with van der Waals surface area (Å²) < 4.78 is 21.0. The summed E-state index contributed by atoms with van der Waals surface area (Å²) in [6, 6.07) is 7.14. The second kappa shape index (κ2) is 13.1. The Balaban J connectivity index is 2.09. The van der Waals surface area contributed by atoms with Crippen molar-refractivity contribution in [1.29, 1.82) is 0 Å². The molecule has 0 aliphatic carbocycles. The van der Waals surface area contributed by atoms with Crippen molar-refractivity contribution in [3.8, 4) is 29.6 Å². The van der Waals surface area contributed by atoms with Crippen LogP contribution in [0.25, 0.3) is 0 Å². The zero-order valence-corrected chi connectivity index (χ0v) is 19.4. The molecule has 0 fully saturated rings. The zero-order chi connectivity index (χ0) is 26.7. The van der Waals surface area contributed by atoms with Crippen molar-refractivity contribution in [2.75, 3.05) is 20.3 Å². The summed E-state index contributed by atoms with van der Waals surface area (Å²) in [5, 5.41) is 24.9. The molecule has 2 aromatic rings. The number of hydrogen-bond acceptors (Lipinski definition) is 10. The van der Waals surface area contributed by atoms with E-state index in [1.165, 1.54) is 32.2 Å². The van der Waals surface area contributed by atoms with Crippen LogP contribution in [-0.4, -0.2) is 42.2 Å². The molecule has 1 amide bonds. The number of ether oxygens (including phenoxy) is 4. The Kier molecular flexibility index (Phi) is 9.99. The van der Waals surface area contributed by atoms with E-state index in [0.29, 0.717) is 6.42 Å². The van der Waals surface area contributed by atoms with Gasteiger partial charge >= 0.3 is 6.16 Å². The van der Waals surface area contributed by atoms with Crippen molar-refractivity contribution < 1.29 is 38.4 Å². The van der Waals surface area contributed by atoms with Crippen LogP contribution < -0.4 is 19.5 Å². The highest BCUT2D eigenvalue weighted by atomic mass is 16.7. The molecule has 190 valence electrons. The molecule has 0 spiro atoms. The minimum absolute atomic E-state index is 0.0124. The van der Waals surface area contributed by atoms with Crippen LogP contribution in [0.15, 0.2) is 36.4 Å². The highest BCUT2D eigenvalue weighted by Gasteiger charge is 2.26. The smallest absolute Gasteiger partial charge is 0.493 e. The molecule has 0 aromatic heterocycles. The first-order valence-electron chi connectivity index (χ1n) is 10.5. The van der Waals surface area contributed by atoms with Crippen molar-refractivity contribution in [1.82, 2.24) is 5.32 Å². The maximum absolute atomic E-state index is 12.2. The van der Waals surface area contributed by atoms with Gasteiger partial charge in [-0.1, -0.05) is 5.92 Å². The van der Waals surface area contributed by atoms with E-state index in [9.17, 15) is 29.8 Å². The number of non-ortho nitro benzene ring substituents is 1. The molecule has 0 aliphatic rings. The Labute approximate surface area is 205 Å². The summed E-state index contributed by atoms with van der Waals surface area (Å²) in [5.41, 5.74) is -0.576. The fourth-order valence-electron chi connectivity index (χ4n) is 2.94. The van der Waals surface area contributed by atoms with Crippen LogP contribution in [0.1, 0.15) is 31.4 Å². The van der Waals surface area contributed by atoms with Crippen LogP contribution in [-0.2, 0) is 9.53 Å². The van der Waals surface area contributed by atoms with Gasteiger partial charge in [-0.25, -0.2) is 4.79 Å². The Morgan fingerprint density at radius 2 is 1.81 bits per heavy atom. The molecule has 0 aliphatic heterocycles. The molecule has 0 saturated carbocycles. The second-order valence-electron chi connectivity index (χ2n) is 7.12. The number of nitro benzene ring substituents is 2. The van der Waals surface area contributed by atoms with E-state index >= 15 is 0 Å². The van der Waals surface area contributed by atoms with Gasteiger partial charge in [-0.2, -0.15) is 0 Å². The lowest BCUT2D eigenvalue weighted by atomic mass is 10.1. The van der Waals surface area contributed by atoms with Gasteiger partial charge in [0.05, 0.1) is 41.7 Å². The van der Waals surface area contributed by atoms with Crippen LogP contribution in [0.2, 0.25) is 0 Å². The van der Waals surface area contributed by atoms with Gasteiger partial charge in [0.2, 0.25) is 5.91 Å². The Hall–Kier alpha value is -4.86. The fraction of sp³-hybridized carbons (Fsp3) is 0.304. The van der Waals surface area contributed by atoms with E-state index in [1.807, 2.05) is 0 Å². The third-order valence-corrected chi connectivity index (χ3v) is 4.66. The van der Waals surface area contributed by atoms with Crippen LogP contribution >= 0.6 is 0 Å². The van der Waals surface area contributed by atoms with Gasteiger partial charge in [-0.3, -0.25) is 25.0 Å². The number of rotatable bonds is 12. The minimum Gasteiger partial charge on any atom is -0.493 e. The normalized spacial score (nSPS) is 10.9. The van der Waals surface area contributed by atoms with Crippen molar-refractivity contribution in [2.24, 2.45) is 0 Å². The first kappa shape index (κ1) is 27.4.